The van der Waals surface area contributed by atoms with E-state index in [9.17, 15) is 5.11 Å². The average Bonchev–Trinajstić information content (AvgIpc) is 3.39. The van der Waals surface area contributed by atoms with Gasteiger partial charge >= 0.3 is 0 Å². The minimum Gasteiger partial charge on any atom is -0.507 e. The minimum absolute atomic E-state index is 0.00213. The molecule has 32 heavy (non-hydrogen) atoms. The first-order chi connectivity index (χ1) is 15.6. The molecule has 11 heteroatoms. The highest BCUT2D eigenvalue weighted by atomic mass is 19.1. The van der Waals surface area contributed by atoms with Crippen LogP contribution in [0.25, 0.3) is 22.8 Å². The Morgan fingerprint density at radius 2 is 2.00 bits per heavy atom. The molecule has 2 aliphatic heterocycles. The molecule has 4 heterocycles. The second-order valence-electron chi connectivity index (χ2n) is 8.91. The smallest absolute Gasteiger partial charge is 0.205 e. The number of aromatic nitrogens is 7. The average molecular weight is 437 g/mol. The fourth-order valence-corrected chi connectivity index (χ4v) is 4.99. The first-order valence-corrected chi connectivity index (χ1v) is 11.0. The number of hydrogen-bond acceptors (Lipinski definition) is 9. The van der Waals surface area contributed by atoms with Crippen molar-refractivity contribution in [3.05, 3.63) is 24.4 Å². The third kappa shape index (κ3) is 3.36. The number of tetrazole rings is 1. The number of hydrogen-bond donors (Lipinski definition) is 2. The van der Waals surface area contributed by atoms with Crippen molar-refractivity contribution in [2.45, 2.75) is 62.4 Å². The maximum Gasteiger partial charge on any atom is 0.205 e. The van der Waals surface area contributed by atoms with Gasteiger partial charge in [0.1, 0.15) is 11.9 Å². The fourth-order valence-electron chi connectivity index (χ4n) is 4.99. The van der Waals surface area contributed by atoms with Gasteiger partial charge in [-0.3, -0.25) is 0 Å². The lowest BCUT2D eigenvalue weighted by Gasteiger charge is -2.40. The fraction of sp³-hybridized carbons (Fsp3) is 0.524. The molecule has 10 nitrogen and oxygen atoms in total. The van der Waals surface area contributed by atoms with Crippen molar-refractivity contribution >= 4 is 5.82 Å². The van der Waals surface area contributed by atoms with Gasteiger partial charge in [0, 0.05) is 23.7 Å². The van der Waals surface area contributed by atoms with Crippen molar-refractivity contribution in [1.82, 2.24) is 40.7 Å². The molecule has 3 fully saturated rings. The van der Waals surface area contributed by atoms with E-state index in [-0.39, 0.29) is 17.8 Å². The third-order valence-electron chi connectivity index (χ3n) is 6.67. The van der Waals surface area contributed by atoms with E-state index in [0.717, 1.165) is 32.1 Å². The van der Waals surface area contributed by atoms with Gasteiger partial charge in [-0.1, -0.05) is 6.07 Å². The Morgan fingerprint density at radius 1 is 1.12 bits per heavy atom. The number of nitrogens with zero attached hydrogens (tertiary/aromatic N) is 8. The van der Waals surface area contributed by atoms with Crippen molar-refractivity contribution in [2.24, 2.45) is 7.05 Å². The van der Waals surface area contributed by atoms with E-state index < -0.39 is 6.17 Å². The van der Waals surface area contributed by atoms with Gasteiger partial charge in [0.15, 0.2) is 11.6 Å². The standard InChI is InChI=1S/C21H24FN9O/c1-30-28-20(27-29-30)11-2-6-14(17(32)8-11)21-23-10-18(25-26-21)31(13-4-5-13)16-9-12-3-7-15(24-12)19(16)22/h2,6,8,10,12-13,15-16,19,24,32H,3-5,7,9H2,1H3/t12-,15+,16-,19+/m0/s1. The van der Waals surface area contributed by atoms with E-state index in [2.05, 4.69) is 40.8 Å². The minimum atomic E-state index is -0.929. The van der Waals surface area contributed by atoms with Crippen molar-refractivity contribution in [2.75, 3.05) is 4.90 Å². The summed E-state index contributed by atoms with van der Waals surface area (Å²) >= 11 is 0. The summed E-state index contributed by atoms with van der Waals surface area (Å²) in [7, 11) is 1.68. The van der Waals surface area contributed by atoms with Gasteiger partial charge in [0.25, 0.3) is 0 Å². The number of aryl methyl sites for hydroxylation is 1. The largest absolute Gasteiger partial charge is 0.507 e. The summed E-state index contributed by atoms with van der Waals surface area (Å²) in [5.41, 5.74) is 1.09. The molecule has 3 aromatic rings. The molecule has 0 unspecified atom stereocenters. The predicted octanol–water partition coefficient (Wildman–Crippen LogP) is 1.63. The summed E-state index contributed by atoms with van der Waals surface area (Å²) in [6, 6.07) is 5.44. The Balaban J connectivity index is 1.27. The van der Waals surface area contributed by atoms with Crippen LogP contribution >= 0.6 is 0 Å². The van der Waals surface area contributed by atoms with Crippen LogP contribution in [-0.2, 0) is 7.05 Å². The lowest BCUT2D eigenvalue weighted by atomic mass is 9.96. The molecule has 1 aromatic carbocycles. The van der Waals surface area contributed by atoms with Gasteiger partial charge < -0.3 is 15.3 Å². The zero-order valence-corrected chi connectivity index (χ0v) is 17.6. The van der Waals surface area contributed by atoms with E-state index in [1.807, 2.05) is 0 Å². The molecule has 2 saturated heterocycles. The van der Waals surface area contributed by atoms with E-state index in [1.165, 1.54) is 4.80 Å². The van der Waals surface area contributed by atoms with E-state index in [1.54, 1.807) is 31.4 Å². The number of benzene rings is 1. The van der Waals surface area contributed by atoms with Crippen LogP contribution in [0.2, 0.25) is 0 Å². The Morgan fingerprint density at radius 3 is 2.69 bits per heavy atom. The molecule has 3 aliphatic rings. The molecule has 0 spiro atoms. The van der Waals surface area contributed by atoms with Crippen LogP contribution in [0.4, 0.5) is 10.2 Å². The van der Waals surface area contributed by atoms with Gasteiger partial charge in [-0.05, 0) is 49.5 Å². The molecule has 4 atom stereocenters. The number of phenolic OH excluding ortho intramolecular Hbond substituents is 1. The molecule has 1 saturated carbocycles. The highest BCUT2D eigenvalue weighted by Gasteiger charge is 2.48. The normalized spacial score (nSPS) is 26.9. The van der Waals surface area contributed by atoms with Crippen LogP contribution in [0.1, 0.15) is 32.1 Å². The summed E-state index contributed by atoms with van der Waals surface area (Å²) in [5, 5.41) is 34.5. The van der Waals surface area contributed by atoms with Crippen molar-refractivity contribution in [3.8, 4) is 28.5 Å². The molecule has 6 rings (SSSR count). The molecular weight excluding hydrogens is 413 g/mol. The first kappa shape index (κ1) is 19.5. The van der Waals surface area contributed by atoms with Crippen molar-refractivity contribution < 1.29 is 9.50 Å². The van der Waals surface area contributed by atoms with Crippen LogP contribution in [0.15, 0.2) is 24.4 Å². The molecular formula is C21H24FN9O. The zero-order valence-electron chi connectivity index (χ0n) is 17.6. The van der Waals surface area contributed by atoms with Crippen LogP contribution < -0.4 is 10.2 Å². The Kier molecular flexibility index (Phi) is 4.53. The lowest BCUT2D eigenvalue weighted by molar-refractivity contribution is 0.171. The topological polar surface area (TPSA) is 118 Å². The maximum absolute atomic E-state index is 15.2. The summed E-state index contributed by atoms with van der Waals surface area (Å²) in [6.45, 7) is 0. The summed E-state index contributed by atoms with van der Waals surface area (Å²) in [6.07, 6.45) is 5.49. The lowest BCUT2D eigenvalue weighted by Crippen LogP contribution is -2.57. The Labute approximate surface area is 183 Å². The van der Waals surface area contributed by atoms with Gasteiger partial charge in [-0.15, -0.1) is 20.4 Å². The number of fused-ring (bicyclic) bond motifs is 2. The molecule has 1 aliphatic carbocycles. The van der Waals surface area contributed by atoms with E-state index in [4.69, 9.17) is 0 Å². The molecule has 2 aromatic heterocycles. The third-order valence-corrected chi connectivity index (χ3v) is 6.67. The van der Waals surface area contributed by atoms with Gasteiger partial charge in [-0.2, -0.15) is 4.80 Å². The van der Waals surface area contributed by atoms with E-state index >= 15 is 4.39 Å². The molecule has 0 radical (unpaired) electrons. The number of phenols is 1. The number of nitrogens with one attached hydrogen (secondary N) is 1. The molecule has 0 amide bonds. The van der Waals surface area contributed by atoms with Crippen molar-refractivity contribution in [1.29, 1.82) is 0 Å². The van der Waals surface area contributed by atoms with Crippen LogP contribution in [0.3, 0.4) is 0 Å². The van der Waals surface area contributed by atoms with Gasteiger partial charge in [-0.25, -0.2) is 9.37 Å². The Hall–Kier alpha value is -3.21. The predicted molar refractivity (Wildman–Crippen MR) is 113 cm³/mol. The van der Waals surface area contributed by atoms with Crippen LogP contribution in [0.5, 0.6) is 5.75 Å². The molecule has 2 N–H and O–H groups in total. The molecule has 2 bridgehead atoms. The van der Waals surface area contributed by atoms with Gasteiger partial charge in [0.05, 0.1) is 24.8 Å². The number of anilines is 1. The summed E-state index contributed by atoms with van der Waals surface area (Å²) in [5.74, 6) is 1.33. The summed E-state index contributed by atoms with van der Waals surface area (Å²) < 4.78 is 15.2. The quantitative estimate of drug-likeness (QED) is 0.614. The first-order valence-electron chi connectivity index (χ1n) is 11.0. The highest BCUT2D eigenvalue weighted by molar-refractivity contribution is 5.70. The maximum atomic E-state index is 15.2. The summed E-state index contributed by atoms with van der Waals surface area (Å²) in [4.78, 5) is 7.91. The van der Waals surface area contributed by atoms with Crippen LogP contribution in [-0.4, -0.2) is 70.8 Å². The number of alkyl halides is 1. The zero-order chi connectivity index (χ0) is 21.8. The second-order valence-corrected chi connectivity index (χ2v) is 8.91. The monoisotopic (exact) mass is 437 g/mol. The van der Waals surface area contributed by atoms with Crippen LogP contribution in [0, 0.1) is 0 Å². The molecule has 166 valence electrons. The van der Waals surface area contributed by atoms with E-state index in [0.29, 0.717) is 40.7 Å². The number of aromatic hydroxyl groups is 1. The second kappa shape index (κ2) is 7.44. The number of rotatable bonds is 5. The SMILES string of the molecule is Cn1nnc(-c2ccc(-c3ncc(N(C4CC4)[C@H]4C[C@@H]5CC[C@@H](N5)[C@H]4F)nn3)c(O)c2)n1. The number of piperidine rings is 1. The Bertz CT molecular complexity index is 1130. The number of halogens is 1. The van der Waals surface area contributed by atoms with Crippen molar-refractivity contribution in [3.63, 3.8) is 0 Å². The van der Waals surface area contributed by atoms with Gasteiger partial charge in [0.2, 0.25) is 5.82 Å². The highest BCUT2D eigenvalue weighted by Crippen LogP contribution is 2.40.